The number of hydrogen-bond donors (Lipinski definition) is 1. The molecule has 1 saturated carbocycles. The lowest BCUT2D eigenvalue weighted by molar-refractivity contribution is -0.138. The molecule has 1 aromatic carbocycles. The summed E-state index contributed by atoms with van der Waals surface area (Å²) in [6, 6.07) is 7.30. The smallest absolute Gasteiger partial charge is 0.249 e. The number of rotatable bonds is 3. The standard InChI is InChI=1S/C20H26ClN3O2/c1-23(19(25)16-12-13-6-2-4-8-15(13)22-16)18-10-11-24(20(18)26)17-9-5-3-7-14(17)21/h3,5,7,9,13,15-16,18,22H,2,4,6,8,10-12H2,1H3. The summed E-state index contributed by atoms with van der Waals surface area (Å²) in [5.41, 5.74) is 0.729. The van der Waals surface area contributed by atoms with Crippen LogP contribution >= 0.6 is 11.6 Å². The van der Waals surface area contributed by atoms with E-state index in [1.165, 1.54) is 25.7 Å². The predicted molar refractivity (Wildman–Crippen MR) is 102 cm³/mol. The first-order valence-corrected chi connectivity index (χ1v) is 10.0. The summed E-state index contributed by atoms with van der Waals surface area (Å²) < 4.78 is 0. The lowest BCUT2D eigenvalue weighted by atomic mass is 9.85. The summed E-state index contributed by atoms with van der Waals surface area (Å²) in [6.07, 6.45) is 6.45. The molecule has 2 amide bonds. The number of likely N-dealkylation sites (N-methyl/N-ethyl adjacent to an activating group) is 1. The van der Waals surface area contributed by atoms with E-state index in [4.69, 9.17) is 11.6 Å². The minimum atomic E-state index is -0.400. The maximum Gasteiger partial charge on any atom is 0.249 e. The molecule has 3 aliphatic rings. The SMILES string of the molecule is CN(C(=O)C1CC2CCCCC2N1)C1CCN(c2ccccc2Cl)C1=O. The van der Waals surface area contributed by atoms with Gasteiger partial charge in [-0.1, -0.05) is 36.6 Å². The molecular formula is C20H26ClN3O2. The van der Waals surface area contributed by atoms with Gasteiger partial charge in [-0.15, -0.1) is 0 Å². The second kappa shape index (κ2) is 7.20. The van der Waals surface area contributed by atoms with Crippen molar-refractivity contribution in [2.75, 3.05) is 18.5 Å². The fourth-order valence-electron chi connectivity index (χ4n) is 4.84. The van der Waals surface area contributed by atoms with Gasteiger partial charge in [0, 0.05) is 19.6 Å². The van der Waals surface area contributed by atoms with E-state index in [9.17, 15) is 9.59 Å². The number of carbonyl (C=O) groups excluding carboxylic acids is 2. The molecule has 140 valence electrons. The summed E-state index contributed by atoms with van der Waals surface area (Å²) in [7, 11) is 1.77. The molecular weight excluding hydrogens is 350 g/mol. The second-order valence-electron chi connectivity index (χ2n) is 7.80. The molecule has 0 aromatic heterocycles. The fourth-order valence-corrected chi connectivity index (χ4v) is 5.08. The van der Waals surface area contributed by atoms with Gasteiger partial charge in [-0.05, 0) is 43.7 Å². The first kappa shape index (κ1) is 17.8. The number of hydrogen-bond acceptors (Lipinski definition) is 3. The van der Waals surface area contributed by atoms with Crippen molar-refractivity contribution in [3.05, 3.63) is 29.3 Å². The van der Waals surface area contributed by atoms with E-state index in [1.807, 2.05) is 18.2 Å². The van der Waals surface area contributed by atoms with Gasteiger partial charge in [-0.3, -0.25) is 9.59 Å². The van der Waals surface area contributed by atoms with Crippen LogP contribution in [-0.2, 0) is 9.59 Å². The van der Waals surface area contributed by atoms with Crippen molar-refractivity contribution in [1.29, 1.82) is 0 Å². The van der Waals surface area contributed by atoms with Crippen molar-refractivity contribution in [1.82, 2.24) is 10.2 Å². The molecule has 4 rings (SSSR count). The van der Waals surface area contributed by atoms with Gasteiger partial charge in [0.15, 0.2) is 0 Å². The Balaban J connectivity index is 1.44. The van der Waals surface area contributed by atoms with Crippen LogP contribution in [0.2, 0.25) is 5.02 Å². The maximum atomic E-state index is 13.0. The van der Waals surface area contributed by atoms with Gasteiger partial charge in [0.25, 0.3) is 0 Å². The van der Waals surface area contributed by atoms with E-state index in [0.29, 0.717) is 29.9 Å². The molecule has 4 unspecified atom stereocenters. The number of nitrogens with one attached hydrogen (secondary N) is 1. The van der Waals surface area contributed by atoms with Crippen molar-refractivity contribution >= 4 is 29.1 Å². The third-order valence-electron chi connectivity index (χ3n) is 6.30. The van der Waals surface area contributed by atoms with Gasteiger partial charge in [-0.25, -0.2) is 0 Å². The van der Waals surface area contributed by atoms with Crippen molar-refractivity contribution in [2.24, 2.45) is 5.92 Å². The molecule has 0 radical (unpaired) electrons. The number of amides is 2. The summed E-state index contributed by atoms with van der Waals surface area (Å²) in [5.74, 6) is 0.633. The van der Waals surface area contributed by atoms with Crippen LogP contribution in [0, 0.1) is 5.92 Å². The molecule has 2 aliphatic heterocycles. The normalized spacial score (nSPS) is 31.2. The fraction of sp³-hybridized carbons (Fsp3) is 0.600. The topological polar surface area (TPSA) is 52.7 Å². The monoisotopic (exact) mass is 375 g/mol. The zero-order chi connectivity index (χ0) is 18.3. The lowest BCUT2D eigenvalue weighted by Crippen LogP contribution is -2.50. The largest absolute Gasteiger partial charge is 0.332 e. The molecule has 4 atom stereocenters. The van der Waals surface area contributed by atoms with Gasteiger partial charge in [-0.2, -0.15) is 0 Å². The molecule has 2 heterocycles. The van der Waals surface area contributed by atoms with Gasteiger partial charge in [0.2, 0.25) is 11.8 Å². The average Bonchev–Trinajstić information content (AvgIpc) is 3.24. The van der Waals surface area contributed by atoms with Crippen LogP contribution < -0.4 is 10.2 Å². The van der Waals surface area contributed by atoms with Crippen molar-refractivity contribution in [2.45, 2.75) is 56.7 Å². The van der Waals surface area contributed by atoms with E-state index in [1.54, 1.807) is 22.9 Å². The number of para-hydroxylation sites is 1. The Labute approximate surface area is 159 Å². The summed E-state index contributed by atoms with van der Waals surface area (Å²) >= 11 is 6.25. The minimum absolute atomic E-state index is 0.0376. The molecule has 0 bridgehead atoms. The number of carbonyl (C=O) groups is 2. The Morgan fingerprint density at radius 1 is 1.23 bits per heavy atom. The first-order chi connectivity index (χ1) is 12.6. The molecule has 26 heavy (non-hydrogen) atoms. The highest BCUT2D eigenvalue weighted by atomic mass is 35.5. The van der Waals surface area contributed by atoms with Gasteiger partial charge in [0.1, 0.15) is 6.04 Å². The van der Waals surface area contributed by atoms with Gasteiger partial charge >= 0.3 is 0 Å². The number of nitrogens with zero attached hydrogens (tertiary/aromatic N) is 2. The Kier molecular flexibility index (Phi) is 4.93. The van der Waals surface area contributed by atoms with Gasteiger partial charge < -0.3 is 15.1 Å². The number of halogens is 1. The number of fused-ring (bicyclic) bond motifs is 1. The van der Waals surface area contributed by atoms with Crippen LogP contribution in [0.25, 0.3) is 0 Å². The van der Waals surface area contributed by atoms with Crippen molar-refractivity contribution < 1.29 is 9.59 Å². The van der Waals surface area contributed by atoms with E-state index in [-0.39, 0.29) is 17.9 Å². The molecule has 1 aliphatic carbocycles. The van der Waals surface area contributed by atoms with Crippen LogP contribution in [0.4, 0.5) is 5.69 Å². The summed E-state index contributed by atoms with van der Waals surface area (Å²) in [6.45, 7) is 0.591. The van der Waals surface area contributed by atoms with E-state index in [2.05, 4.69) is 5.32 Å². The zero-order valence-corrected chi connectivity index (χ0v) is 15.9. The Hall–Kier alpha value is -1.59. The quantitative estimate of drug-likeness (QED) is 0.883. The lowest BCUT2D eigenvalue weighted by Gasteiger charge is -2.27. The summed E-state index contributed by atoms with van der Waals surface area (Å²) in [4.78, 5) is 29.3. The third-order valence-corrected chi connectivity index (χ3v) is 6.62. The first-order valence-electron chi connectivity index (χ1n) is 9.65. The van der Waals surface area contributed by atoms with Crippen molar-refractivity contribution in [3.8, 4) is 0 Å². The highest BCUT2D eigenvalue weighted by Gasteiger charge is 2.43. The van der Waals surface area contributed by atoms with Crippen molar-refractivity contribution in [3.63, 3.8) is 0 Å². The van der Waals surface area contributed by atoms with E-state index < -0.39 is 6.04 Å². The highest BCUT2D eigenvalue weighted by molar-refractivity contribution is 6.34. The maximum absolute atomic E-state index is 13.0. The van der Waals surface area contributed by atoms with Crippen LogP contribution in [0.15, 0.2) is 24.3 Å². The second-order valence-corrected chi connectivity index (χ2v) is 8.21. The Morgan fingerprint density at radius 2 is 2.00 bits per heavy atom. The van der Waals surface area contributed by atoms with Crippen LogP contribution in [-0.4, -0.2) is 48.4 Å². The van der Waals surface area contributed by atoms with E-state index >= 15 is 0 Å². The Bertz CT molecular complexity index is 696. The molecule has 1 aromatic rings. The number of anilines is 1. The van der Waals surface area contributed by atoms with Crippen LogP contribution in [0.1, 0.15) is 38.5 Å². The molecule has 2 saturated heterocycles. The molecule has 1 N–H and O–H groups in total. The van der Waals surface area contributed by atoms with Crippen LogP contribution in [0.5, 0.6) is 0 Å². The molecule has 0 spiro atoms. The third kappa shape index (κ3) is 3.12. The number of benzene rings is 1. The molecule has 6 heteroatoms. The Morgan fingerprint density at radius 3 is 2.77 bits per heavy atom. The average molecular weight is 376 g/mol. The zero-order valence-electron chi connectivity index (χ0n) is 15.2. The van der Waals surface area contributed by atoms with E-state index in [0.717, 1.165) is 12.1 Å². The van der Waals surface area contributed by atoms with Crippen LogP contribution in [0.3, 0.4) is 0 Å². The molecule has 5 nitrogen and oxygen atoms in total. The summed E-state index contributed by atoms with van der Waals surface area (Å²) in [5, 5.41) is 4.09. The highest BCUT2D eigenvalue weighted by Crippen LogP contribution is 2.35. The van der Waals surface area contributed by atoms with Gasteiger partial charge in [0.05, 0.1) is 16.8 Å². The molecule has 3 fully saturated rings. The minimum Gasteiger partial charge on any atom is -0.332 e. The predicted octanol–water partition coefficient (Wildman–Crippen LogP) is 2.82.